The first-order valence-electron chi connectivity index (χ1n) is 11.5. The number of carboxylic acid groups (broad SMARTS) is 1. The molecule has 172 valence electrons. The average molecular weight is 435 g/mol. The quantitative estimate of drug-likeness (QED) is 0.176. The zero-order valence-electron chi connectivity index (χ0n) is 18.3. The van der Waals surface area contributed by atoms with E-state index < -0.39 is 34.9 Å². The van der Waals surface area contributed by atoms with E-state index in [-0.39, 0.29) is 5.75 Å². The predicted octanol–water partition coefficient (Wildman–Crippen LogP) is 5.99. The van der Waals surface area contributed by atoms with Crippen LogP contribution in [0.3, 0.4) is 0 Å². The topological polar surface area (TPSA) is 97.7 Å². The minimum Gasteiger partial charge on any atom is -0.481 e. The Morgan fingerprint density at radius 1 is 0.655 bits per heavy atom. The van der Waals surface area contributed by atoms with Crippen LogP contribution in [0, 0.1) is 0 Å². The third kappa shape index (κ3) is 21.4. The molecule has 0 aliphatic carbocycles. The highest BCUT2D eigenvalue weighted by Crippen LogP contribution is 2.14. The van der Waals surface area contributed by atoms with Crippen molar-refractivity contribution >= 4 is 22.1 Å². The van der Waals surface area contributed by atoms with Crippen LogP contribution >= 0.6 is 0 Å². The third-order valence-electron chi connectivity index (χ3n) is 5.01. The van der Waals surface area contributed by atoms with Crippen LogP contribution in [0.5, 0.6) is 0 Å². The lowest BCUT2D eigenvalue weighted by molar-refractivity contribution is -0.142. The lowest BCUT2D eigenvalue weighted by atomic mass is 10.0. The molecule has 1 N–H and O–H groups in total. The van der Waals surface area contributed by atoms with E-state index in [1.165, 1.54) is 77.0 Å². The molecule has 0 spiro atoms. The fourth-order valence-electron chi connectivity index (χ4n) is 3.26. The summed E-state index contributed by atoms with van der Waals surface area (Å²) in [5, 5.41) is 8.46. The lowest BCUT2D eigenvalue weighted by Crippen LogP contribution is -2.17. The van der Waals surface area contributed by atoms with Gasteiger partial charge in [-0.15, -0.1) is 0 Å². The highest BCUT2D eigenvalue weighted by atomic mass is 32.2. The van der Waals surface area contributed by atoms with E-state index in [0.717, 1.165) is 19.3 Å². The molecular weight excluding hydrogens is 392 g/mol. The van der Waals surface area contributed by atoms with Crippen molar-refractivity contribution in [2.75, 3.05) is 5.75 Å². The van der Waals surface area contributed by atoms with Gasteiger partial charge in [0.1, 0.15) is 0 Å². The molecule has 0 radical (unpaired) electrons. The standard InChI is InChI=1S/C22H42O6S/c1-2-3-4-5-6-7-8-9-10-11-12-13-14-15-16-17-20-29(26,27)28-22(25)19-18-21(23)24/h2-20H2,1H3,(H,23,24). The second kappa shape index (κ2) is 18.9. The van der Waals surface area contributed by atoms with Crippen molar-refractivity contribution in [1.82, 2.24) is 0 Å². The van der Waals surface area contributed by atoms with Gasteiger partial charge in [0.05, 0.1) is 18.6 Å². The Bertz CT molecular complexity index is 515. The van der Waals surface area contributed by atoms with Crippen molar-refractivity contribution in [3.05, 3.63) is 0 Å². The number of unbranched alkanes of at least 4 members (excludes halogenated alkanes) is 15. The van der Waals surface area contributed by atoms with Gasteiger partial charge < -0.3 is 9.29 Å². The van der Waals surface area contributed by atoms with Crippen molar-refractivity contribution in [2.45, 2.75) is 122 Å². The van der Waals surface area contributed by atoms with Crippen molar-refractivity contribution < 1.29 is 27.3 Å². The van der Waals surface area contributed by atoms with Crippen molar-refractivity contribution in [3.63, 3.8) is 0 Å². The minimum atomic E-state index is -3.89. The van der Waals surface area contributed by atoms with Crippen LogP contribution in [0.4, 0.5) is 0 Å². The van der Waals surface area contributed by atoms with E-state index in [9.17, 15) is 18.0 Å². The summed E-state index contributed by atoms with van der Waals surface area (Å²) < 4.78 is 27.7. The van der Waals surface area contributed by atoms with Gasteiger partial charge in [0.15, 0.2) is 0 Å². The first-order chi connectivity index (χ1) is 13.9. The SMILES string of the molecule is CCCCCCCCCCCCCCCCCCS(=O)(=O)OC(=O)CCC(=O)O. The first-order valence-corrected chi connectivity index (χ1v) is 13.1. The second-order valence-corrected chi connectivity index (χ2v) is 9.60. The Morgan fingerprint density at radius 3 is 1.41 bits per heavy atom. The Hall–Kier alpha value is -1.11. The molecule has 0 rings (SSSR count). The molecule has 0 aromatic carbocycles. The van der Waals surface area contributed by atoms with Crippen LogP contribution in [0.25, 0.3) is 0 Å². The summed E-state index contributed by atoms with van der Waals surface area (Å²) in [4.78, 5) is 21.6. The zero-order chi connectivity index (χ0) is 21.8. The first kappa shape index (κ1) is 27.9. The van der Waals surface area contributed by atoms with Crippen molar-refractivity contribution in [3.8, 4) is 0 Å². The molecule has 0 fully saturated rings. The molecule has 0 saturated carbocycles. The normalized spacial score (nSPS) is 11.5. The lowest BCUT2D eigenvalue weighted by Gasteiger charge is -2.05. The molecule has 0 bridgehead atoms. The van der Waals surface area contributed by atoms with Crippen LogP contribution in [0.15, 0.2) is 0 Å². The molecule has 0 aromatic rings. The highest BCUT2D eigenvalue weighted by Gasteiger charge is 2.17. The van der Waals surface area contributed by atoms with Crippen molar-refractivity contribution in [1.29, 1.82) is 0 Å². The summed E-state index contributed by atoms with van der Waals surface area (Å²) in [6, 6.07) is 0. The summed E-state index contributed by atoms with van der Waals surface area (Å²) in [6.07, 6.45) is 18.5. The second-order valence-electron chi connectivity index (χ2n) is 7.91. The van der Waals surface area contributed by atoms with Gasteiger partial charge >= 0.3 is 22.1 Å². The maximum atomic E-state index is 11.6. The largest absolute Gasteiger partial charge is 0.481 e. The molecule has 0 amide bonds. The average Bonchev–Trinajstić information content (AvgIpc) is 2.65. The molecule has 0 aliphatic rings. The van der Waals surface area contributed by atoms with Gasteiger partial charge in [0.2, 0.25) is 0 Å². The summed E-state index contributed by atoms with van der Waals surface area (Å²) in [7, 11) is -3.89. The number of hydrogen-bond donors (Lipinski definition) is 1. The summed E-state index contributed by atoms with van der Waals surface area (Å²) in [6.45, 7) is 2.25. The third-order valence-corrected chi connectivity index (χ3v) is 6.24. The Morgan fingerprint density at radius 2 is 1.03 bits per heavy atom. The van der Waals surface area contributed by atoms with Gasteiger partial charge in [-0.3, -0.25) is 9.59 Å². The maximum Gasteiger partial charge on any atom is 0.322 e. The molecule has 6 nitrogen and oxygen atoms in total. The van der Waals surface area contributed by atoms with Crippen LogP contribution in [0.1, 0.15) is 122 Å². The Kier molecular flexibility index (Phi) is 18.2. The minimum absolute atomic E-state index is 0.190. The summed E-state index contributed by atoms with van der Waals surface area (Å²) >= 11 is 0. The van der Waals surface area contributed by atoms with E-state index in [2.05, 4.69) is 11.1 Å². The Balaban J connectivity index is 3.40. The maximum absolute atomic E-state index is 11.6. The van der Waals surface area contributed by atoms with E-state index in [1.807, 2.05) is 0 Å². The molecule has 0 unspecified atom stereocenters. The molecule has 0 heterocycles. The number of carbonyl (C=O) groups excluding carboxylic acids is 1. The summed E-state index contributed by atoms with van der Waals surface area (Å²) in [5.74, 6) is -2.34. The number of carbonyl (C=O) groups is 2. The van der Waals surface area contributed by atoms with Gasteiger partial charge in [-0.05, 0) is 6.42 Å². The molecule has 7 heteroatoms. The van der Waals surface area contributed by atoms with E-state index in [1.54, 1.807) is 0 Å². The van der Waals surface area contributed by atoms with Gasteiger partial charge in [-0.25, -0.2) is 0 Å². The van der Waals surface area contributed by atoms with Gasteiger partial charge in [0.25, 0.3) is 0 Å². The van der Waals surface area contributed by atoms with E-state index in [0.29, 0.717) is 6.42 Å². The molecule has 29 heavy (non-hydrogen) atoms. The number of carboxylic acids is 1. The zero-order valence-corrected chi connectivity index (χ0v) is 19.1. The van der Waals surface area contributed by atoms with Gasteiger partial charge in [-0.2, -0.15) is 8.42 Å². The van der Waals surface area contributed by atoms with E-state index in [4.69, 9.17) is 5.11 Å². The molecule has 0 atom stereocenters. The van der Waals surface area contributed by atoms with Crippen LogP contribution in [-0.2, 0) is 23.9 Å². The van der Waals surface area contributed by atoms with Gasteiger partial charge in [0, 0.05) is 0 Å². The van der Waals surface area contributed by atoms with Gasteiger partial charge in [-0.1, -0.05) is 103 Å². The highest BCUT2D eigenvalue weighted by molar-refractivity contribution is 7.87. The van der Waals surface area contributed by atoms with Crippen LogP contribution in [-0.4, -0.2) is 31.2 Å². The Labute approximate surface area is 177 Å². The van der Waals surface area contributed by atoms with Crippen LogP contribution < -0.4 is 0 Å². The summed E-state index contributed by atoms with van der Waals surface area (Å²) in [5.41, 5.74) is 0. The molecule has 0 aliphatic heterocycles. The number of hydrogen-bond acceptors (Lipinski definition) is 5. The molecule has 0 aromatic heterocycles. The number of rotatable bonds is 21. The molecule has 0 saturated heterocycles. The van der Waals surface area contributed by atoms with E-state index >= 15 is 0 Å². The molecular formula is C22H42O6S. The van der Waals surface area contributed by atoms with Crippen molar-refractivity contribution in [2.24, 2.45) is 0 Å². The number of aliphatic carboxylic acids is 1. The fourth-order valence-corrected chi connectivity index (χ4v) is 4.27. The fraction of sp³-hybridized carbons (Fsp3) is 0.909. The smallest absolute Gasteiger partial charge is 0.322 e. The monoisotopic (exact) mass is 434 g/mol. The predicted molar refractivity (Wildman–Crippen MR) is 116 cm³/mol. The van der Waals surface area contributed by atoms with Crippen LogP contribution in [0.2, 0.25) is 0 Å².